The fraction of sp³-hybridized carbons (Fsp3) is 0.583. The molecule has 1 aliphatic rings. The van der Waals surface area contributed by atoms with Gasteiger partial charge in [-0.05, 0) is 25.9 Å². The van der Waals surface area contributed by atoms with Gasteiger partial charge < -0.3 is 10.1 Å². The highest BCUT2D eigenvalue weighted by Crippen LogP contribution is 2.13. The SMILES string of the molecule is CC.N#Cc1nccc(OC2CCNCC2)n1. The Hall–Kier alpha value is -1.67. The van der Waals surface area contributed by atoms with E-state index in [2.05, 4.69) is 15.3 Å². The van der Waals surface area contributed by atoms with Gasteiger partial charge in [-0.3, -0.25) is 0 Å². The Morgan fingerprint density at radius 3 is 2.76 bits per heavy atom. The summed E-state index contributed by atoms with van der Waals surface area (Å²) in [4.78, 5) is 7.76. The number of nitriles is 1. The van der Waals surface area contributed by atoms with Crippen molar-refractivity contribution in [1.82, 2.24) is 15.3 Å². The van der Waals surface area contributed by atoms with Crippen molar-refractivity contribution < 1.29 is 4.74 Å². The van der Waals surface area contributed by atoms with Crippen LogP contribution in [0.15, 0.2) is 12.3 Å². The lowest BCUT2D eigenvalue weighted by Crippen LogP contribution is -2.34. The fourth-order valence-corrected chi connectivity index (χ4v) is 1.55. The molecule has 0 radical (unpaired) electrons. The van der Waals surface area contributed by atoms with Crippen molar-refractivity contribution in [3.05, 3.63) is 18.1 Å². The van der Waals surface area contributed by atoms with Gasteiger partial charge in [0, 0.05) is 12.3 Å². The molecule has 1 aromatic rings. The average molecular weight is 234 g/mol. The van der Waals surface area contributed by atoms with Crippen LogP contribution in [0.5, 0.6) is 5.88 Å². The zero-order valence-corrected chi connectivity index (χ0v) is 10.3. The minimum atomic E-state index is 0.154. The van der Waals surface area contributed by atoms with E-state index < -0.39 is 0 Å². The number of rotatable bonds is 2. The lowest BCUT2D eigenvalue weighted by atomic mass is 10.1. The minimum absolute atomic E-state index is 0.154. The number of piperidine rings is 1. The first-order valence-corrected chi connectivity index (χ1v) is 5.99. The number of hydrogen-bond acceptors (Lipinski definition) is 5. The minimum Gasteiger partial charge on any atom is -0.474 e. The van der Waals surface area contributed by atoms with E-state index in [-0.39, 0.29) is 11.9 Å². The molecule has 5 nitrogen and oxygen atoms in total. The zero-order chi connectivity index (χ0) is 12.5. The van der Waals surface area contributed by atoms with Gasteiger partial charge in [-0.15, -0.1) is 0 Å². The molecule has 0 spiro atoms. The smallest absolute Gasteiger partial charge is 0.235 e. The molecule has 1 fully saturated rings. The van der Waals surface area contributed by atoms with Crippen molar-refractivity contribution in [2.75, 3.05) is 13.1 Å². The zero-order valence-electron chi connectivity index (χ0n) is 10.3. The second-order valence-corrected chi connectivity index (χ2v) is 3.40. The highest BCUT2D eigenvalue weighted by Gasteiger charge is 2.15. The topological polar surface area (TPSA) is 70.8 Å². The van der Waals surface area contributed by atoms with Crippen molar-refractivity contribution in [1.29, 1.82) is 5.26 Å². The van der Waals surface area contributed by atoms with Crippen molar-refractivity contribution in [3.8, 4) is 11.9 Å². The molecule has 92 valence electrons. The lowest BCUT2D eigenvalue weighted by molar-refractivity contribution is 0.155. The van der Waals surface area contributed by atoms with E-state index in [1.165, 1.54) is 0 Å². The summed E-state index contributed by atoms with van der Waals surface area (Å²) in [7, 11) is 0. The van der Waals surface area contributed by atoms with Crippen LogP contribution in [0.2, 0.25) is 0 Å². The standard InChI is InChI=1S/C10H12N4O.C2H6/c11-7-9-13-6-3-10(14-9)15-8-1-4-12-5-2-8;1-2/h3,6,8,12H,1-2,4-5H2;1-2H3. The molecular weight excluding hydrogens is 216 g/mol. The van der Waals surface area contributed by atoms with Crippen LogP contribution >= 0.6 is 0 Å². The molecule has 0 bridgehead atoms. The quantitative estimate of drug-likeness (QED) is 0.839. The fourth-order valence-electron chi connectivity index (χ4n) is 1.55. The maximum atomic E-state index is 8.63. The summed E-state index contributed by atoms with van der Waals surface area (Å²) in [5.74, 6) is 0.648. The molecular formula is C12H18N4O. The first-order valence-electron chi connectivity index (χ1n) is 5.99. The first kappa shape index (κ1) is 13.4. The number of nitrogens with zero attached hydrogens (tertiary/aromatic N) is 3. The summed E-state index contributed by atoms with van der Waals surface area (Å²) in [6.45, 7) is 5.95. The summed E-state index contributed by atoms with van der Waals surface area (Å²) in [6.07, 6.45) is 3.70. The molecule has 0 amide bonds. The monoisotopic (exact) mass is 234 g/mol. The molecule has 1 saturated heterocycles. The van der Waals surface area contributed by atoms with Crippen LogP contribution in [0.25, 0.3) is 0 Å². The van der Waals surface area contributed by atoms with Crippen LogP contribution in [0.3, 0.4) is 0 Å². The Balaban J connectivity index is 0.000000686. The van der Waals surface area contributed by atoms with E-state index in [4.69, 9.17) is 10.00 Å². The van der Waals surface area contributed by atoms with Crippen LogP contribution in [0.1, 0.15) is 32.5 Å². The van der Waals surface area contributed by atoms with E-state index in [0.29, 0.717) is 5.88 Å². The second kappa shape index (κ2) is 7.58. The third-order valence-corrected chi connectivity index (χ3v) is 2.30. The predicted molar refractivity (Wildman–Crippen MR) is 64.6 cm³/mol. The van der Waals surface area contributed by atoms with E-state index in [1.807, 2.05) is 19.9 Å². The van der Waals surface area contributed by atoms with Gasteiger partial charge in [0.05, 0.1) is 0 Å². The van der Waals surface area contributed by atoms with Crippen LogP contribution in [-0.4, -0.2) is 29.2 Å². The highest BCUT2D eigenvalue weighted by molar-refractivity contribution is 5.16. The summed E-state index contributed by atoms with van der Waals surface area (Å²) in [5.41, 5.74) is 0. The van der Waals surface area contributed by atoms with Crippen molar-refractivity contribution in [2.24, 2.45) is 0 Å². The van der Waals surface area contributed by atoms with E-state index in [9.17, 15) is 0 Å². The number of nitrogens with one attached hydrogen (secondary N) is 1. The summed E-state index contributed by atoms with van der Waals surface area (Å²) >= 11 is 0. The Bertz CT molecular complexity index is 369. The van der Waals surface area contributed by atoms with E-state index in [1.54, 1.807) is 12.3 Å². The van der Waals surface area contributed by atoms with Crippen LogP contribution in [0.4, 0.5) is 0 Å². The molecule has 0 aliphatic carbocycles. The second-order valence-electron chi connectivity index (χ2n) is 3.40. The van der Waals surface area contributed by atoms with Crippen LogP contribution in [0, 0.1) is 11.3 Å². The van der Waals surface area contributed by atoms with E-state index >= 15 is 0 Å². The normalized spacial score (nSPS) is 15.4. The van der Waals surface area contributed by atoms with Gasteiger partial charge in [0.1, 0.15) is 12.2 Å². The third kappa shape index (κ3) is 4.37. The average Bonchev–Trinajstić information content (AvgIpc) is 2.42. The largest absolute Gasteiger partial charge is 0.474 e. The van der Waals surface area contributed by atoms with Crippen molar-refractivity contribution >= 4 is 0 Å². The Morgan fingerprint density at radius 1 is 1.41 bits per heavy atom. The van der Waals surface area contributed by atoms with E-state index in [0.717, 1.165) is 25.9 Å². The molecule has 2 heterocycles. The molecule has 5 heteroatoms. The molecule has 1 N–H and O–H groups in total. The molecule has 0 atom stereocenters. The van der Waals surface area contributed by atoms with Gasteiger partial charge in [-0.25, -0.2) is 4.98 Å². The van der Waals surface area contributed by atoms with Gasteiger partial charge in [0.2, 0.25) is 11.7 Å². The molecule has 1 aliphatic heterocycles. The molecule has 0 saturated carbocycles. The van der Waals surface area contributed by atoms with Crippen molar-refractivity contribution in [3.63, 3.8) is 0 Å². The van der Waals surface area contributed by atoms with Crippen LogP contribution < -0.4 is 10.1 Å². The number of hydrogen-bond donors (Lipinski definition) is 1. The van der Waals surface area contributed by atoms with Gasteiger partial charge in [0.15, 0.2) is 0 Å². The molecule has 1 aromatic heterocycles. The predicted octanol–water partition coefficient (Wildman–Crippen LogP) is 1.51. The molecule has 17 heavy (non-hydrogen) atoms. The summed E-state index contributed by atoms with van der Waals surface area (Å²) < 4.78 is 5.66. The Morgan fingerprint density at radius 2 is 2.12 bits per heavy atom. The third-order valence-electron chi connectivity index (χ3n) is 2.30. The number of ether oxygens (including phenoxy) is 1. The first-order chi connectivity index (χ1) is 8.38. The lowest BCUT2D eigenvalue weighted by Gasteiger charge is -2.22. The van der Waals surface area contributed by atoms with Gasteiger partial charge in [-0.1, -0.05) is 13.8 Å². The van der Waals surface area contributed by atoms with Gasteiger partial charge >= 0.3 is 0 Å². The Kier molecular flexibility index (Phi) is 5.97. The van der Waals surface area contributed by atoms with Crippen molar-refractivity contribution in [2.45, 2.75) is 32.8 Å². The molecule has 0 unspecified atom stereocenters. The van der Waals surface area contributed by atoms with Gasteiger partial charge in [0.25, 0.3) is 0 Å². The maximum absolute atomic E-state index is 8.63. The maximum Gasteiger partial charge on any atom is 0.235 e. The van der Waals surface area contributed by atoms with Crippen LogP contribution in [-0.2, 0) is 0 Å². The van der Waals surface area contributed by atoms with Gasteiger partial charge in [-0.2, -0.15) is 10.2 Å². The number of aromatic nitrogens is 2. The summed E-state index contributed by atoms with van der Waals surface area (Å²) in [6, 6.07) is 3.57. The highest BCUT2D eigenvalue weighted by atomic mass is 16.5. The Labute approximate surface area is 102 Å². The molecule has 2 rings (SSSR count). The summed E-state index contributed by atoms with van der Waals surface area (Å²) in [5, 5.41) is 11.9. The molecule has 0 aromatic carbocycles.